The first kappa shape index (κ1) is 14.3. The molecule has 0 unspecified atom stereocenters. The summed E-state index contributed by atoms with van der Waals surface area (Å²) in [6.07, 6.45) is 3.56. The van der Waals surface area contributed by atoms with E-state index in [1.165, 1.54) is 5.56 Å². The molecule has 0 fully saturated rings. The van der Waals surface area contributed by atoms with Crippen LogP contribution in [-0.2, 0) is 12.8 Å². The molecule has 0 saturated carbocycles. The molecule has 0 radical (unpaired) electrons. The molecule has 0 atom stereocenters. The van der Waals surface area contributed by atoms with E-state index in [2.05, 4.69) is 27.3 Å². The zero-order chi connectivity index (χ0) is 15.4. The maximum atomic E-state index is 5.16. The SMILES string of the molecule is COc1ccc(CCc2cc(-c3noc(C)n3)ccn2)cc1. The van der Waals surface area contributed by atoms with Crippen LogP contribution in [0.25, 0.3) is 11.4 Å². The molecule has 0 aliphatic carbocycles. The van der Waals surface area contributed by atoms with Crippen LogP contribution < -0.4 is 4.74 Å². The Morgan fingerprint density at radius 1 is 1.09 bits per heavy atom. The number of aryl methyl sites for hydroxylation is 3. The Labute approximate surface area is 129 Å². The van der Waals surface area contributed by atoms with Crippen LogP contribution in [0.15, 0.2) is 47.1 Å². The maximum Gasteiger partial charge on any atom is 0.223 e. The molecule has 0 N–H and O–H groups in total. The van der Waals surface area contributed by atoms with Gasteiger partial charge in [0.15, 0.2) is 0 Å². The van der Waals surface area contributed by atoms with E-state index < -0.39 is 0 Å². The van der Waals surface area contributed by atoms with Gasteiger partial charge in [0, 0.05) is 24.4 Å². The third kappa shape index (κ3) is 3.31. The standard InChI is InChI=1S/C17H17N3O2/c1-12-19-17(20-22-12)14-9-10-18-15(11-14)6-3-13-4-7-16(21-2)8-5-13/h4-5,7-11H,3,6H2,1-2H3. The van der Waals surface area contributed by atoms with Crippen molar-refractivity contribution in [2.24, 2.45) is 0 Å². The zero-order valence-corrected chi connectivity index (χ0v) is 12.6. The number of nitrogens with zero attached hydrogens (tertiary/aromatic N) is 3. The highest BCUT2D eigenvalue weighted by molar-refractivity contribution is 5.54. The molecular weight excluding hydrogens is 278 g/mol. The topological polar surface area (TPSA) is 61.0 Å². The van der Waals surface area contributed by atoms with Gasteiger partial charge in [0.25, 0.3) is 0 Å². The van der Waals surface area contributed by atoms with Gasteiger partial charge in [0.2, 0.25) is 11.7 Å². The second-order valence-electron chi connectivity index (χ2n) is 5.02. The summed E-state index contributed by atoms with van der Waals surface area (Å²) >= 11 is 0. The molecule has 0 saturated heterocycles. The van der Waals surface area contributed by atoms with E-state index in [1.807, 2.05) is 24.3 Å². The highest BCUT2D eigenvalue weighted by Gasteiger charge is 2.07. The smallest absolute Gasteiger partial charge is 0.223 e. The van der Waals surface area contributed by atoms with Crippen LogP contribution in [0.4, 0.5) is 0 Å². The largest absolute Gasteiger partial charge is 0.497 e. The Bertz CT molecular complexity index is 751. The predicted octanol–water partition coefficient (Wildman–Crippen LogP) is 3.23. The van der Waals surface area contributed by atoms with Crippen LogP contribution in [-0.4, -0.2) is 22.2 Å². The molecule has 3 aromatic rings. The Balaban J connectivity index is 1.70. The van der Waals surface area contributed by atoms with E-state index >= 15 is 0 Å². The number of ether oxygens (including phenoxy) is 1. The van der Waals surface area contributed by atoms with Gasteiger partial charge in [-0.15, -0.1) is 0 Å². The van der Waals surface area contributed by atoms with Gasteiger partial charge in [-0.3, -0.25) is 4.98 Å². The third-order valence-corrected chi connectivity index (χ3v) is 3.43. The second-order valence-corrected chi connectivity index (χ2v) is 5.02. The molecule has 1 aromatic carbocycles. The lowest BCUT2D eigenvalue weighted by Crippen LogP contribution is -1.95. The summed E-state index contributed by atoms with van der Waals surface area (Å²) in [6, 6.07) is 12.0. The van der Waals surface area contributed by atoms with Crippen LogP contribution in [0.5, 0.6) is 5.75 Å². The summed E-state index contributed by atoms with van der Waals surface area (Å²) < 4.78 is 10.2. The number of rotatable bonds is 5. The van der Waals surface area contributed by atoms with Gasteiger partial charge in [0.1, 0.15) is 5.75 Å². The monoisotopic (exact) mass is 295 g/mol. The van der Waals surface area contributed by atoms with Gasteiger partial charge in [-0.25, -0.2) is 0 Å². The summed E-state index contributed by atoms with van der Waals surface area (Å²) in [4.78, 5) is 8.65. The van der Waals surface area contributed by atoms with E-state index in [4.69, 9.17) is 9.26 Å². The Morgan fingerprint density at radius 3 is 2.59 bits per heavy atom. The van der Waals surface area contributed by atoms with Crippen LogP contribution in [0, 0.1) is 6.92 Å². The first-order chi connectivity index (χ1) is 10.7. The minimum atomic E-state index is 0.562. The molecular formula is C17H17N3O2. The first-order valence-electron chi connectivity index (χ1n) is 7.13. The fourth-order valence-corrected chi connectivity index (χ4v) is 2.24. The summed E-state index contributed by atoms with van der Waals surface area (Å²) in [7, 11) is 1.67. The summed E-state index contributed by atoms with van der Waals surface area (Å²) in [5, 5.41) is 3.94. The van der Waals surface area contributed by atoms with Crippen LogP contribution in [0.1, 0.15) is 17.1 Å². The van der Waals surface area contributed by atoms with E-state index in [0.29, 0.717) is 11.7 Å². The van der Waals surface area contributed by atoms with Crippen molar-refractivity contribution in [3.05, 3.63) is 59.7 Å². The molecule has 0 amide bonds. The molecule has 22 heavy (non-hydrogen) atoms. The van der Waals surface area contributed by atoms with Crippen LogP contribution >= 0.6 is 0 Å². The van der Waals surface area contributed by atoms with Crippen LogP contribution in [0.3, 0.4) is 0 Å². The van der Waals surface area contributed by atoms with Gasteiger partial charge in [-0.2, -0.15) is 4.98 Å². The average Bonchev–Trinajstić information content (AvgIpc) is 3.00. The van der Waals surface area contributed by atoms with Gasteiger partial charge in [-0.1, -0.05) is 17.3 Å². The molecule has 0 spiro atoms. The van der Waals surface area contributed by atoms with Crippen molar-refractivity contribution in [3.8, 4) is 17.1 Å². The lowest BCUT2D eigenvalue weighted by atomic mass is 10.1. The van der Waals surface area contributed by atoms with Gasteiger partial charge in [0.05, 0.1) is 7.11 Å². The number of methoxy groups -OCH3 is 1. The number of hydrogen-bond donors (Lipinski definition) is 0. The molecule has 2 aromatic heterocycles. The van der Waals surface area contributed by atoms with Gasteiger partial charge >= 0.3 is 0 Å². The van der Waals surface area contributed by atoms with Gasteiger partial charge in [-0.05, 0) is 42.7 Å². The fourth-order valence-electron chi connectivity index (χ4n) is 2.24. The Kier molecular flexibility index (Phi) is 4.14. The normalized spacial score (nSPS) is 10.6. The van der Waals surface area contributed by atoms with Gasteiger partial charge < -0.3 is 9.26 Å². The number of hydrogen-bond acceptors (Lipinski definition) is 5. The molecule has 2 heterocycles. The van der Waals surface area contributed by atoms with E-state index in [9.17, 15) is 0 Å². The average molecular weight is 295 g/mol. The van der Waals surface area contributed by atoms with E-state index in [0.717, 1.165) is 29.8 Å². The quantitative estimate of drug-likeness (QED) is 0.723. The Hall–Kier alpha value is -2.69. The van der Waals surface area contributed by atoms with Crippen molar-refractivity contribution in [1.82, 2.24) is 15.1 Å². The van der Waals surface area contributed by atoms with Crippen molar-refractivity contribution in [2.45, 2.75) is 19.8 Å². The maximum absolute atomic E-state index is 5.16. The Morgan fingerprint density at radius 2 is 1.91 bits per heavy atom. The van der Waals surface area contributed by atoms with Crippen molar-refractivity contribution in [1.29, 1.82) is 0 Å². The molecule has 0 aliphatic heterocycles. The molecule has 5 nitrogen and oxygen atoms in total. The highest BCUT2D eigenvalue weighted by atomic mass is 16.5. The summed E-state index contributed by atoms with van der Waals surface area (Å²) in [5.74, 6) is 2.04. The van der Waals surface area contributed by atoms with E-state index in [-0.39, 0.29) is 0 Å². The molecule has 0 aliphatic rings. The molecule has 0 bridgehead atoms. The fraction of sp³-hybridized carbons (Fsp3) is 0.235. The van der Waals surface area contributed by atoms with Crippen molar-refractivity contribution < 1.29 is 9.26 Å². The second kappa shape index (κ2) is 6.39. The number of pyridine rings is 1. The number of aromatic nitrogens is 3. The first-order valence-corrected chi connectivity index (χ1v) is 7.13. The zero-order valence-electron chi connectivity index (χ0n) is 12.6. The predicted molar refractivity (Wildman–Crippen MR) is 82.7 cm³/mol. The molecule has 112 valence electrons. The highest BCUT2D eigenvalue weighted by Crippen LogP contribution is 2.17. The summed E-state index contributed by atoms with van der Waals surface area (Å²) in [6.45, 7) is 1.78. The number of benzene rings is 1. The van der Waals surface area contributed by atoms with E-state index in [1.54, 1.807) is 20.2 Å². The lowest BCUT2D eigenvalue weighted by molar-refractivity contribution is 0.394. The van der Waals surface area contributed by atoms with Crippen molar-refractivity contribution in [3.63, 3.8) is 0 Å². The van der Waals surface area contributed by atoms with Crippen LogP contribution in [0.2, 0.25) is 0 Å². The van der Waals surface area contributed by atoms with Crippen molar-refractivity contribution in [2.75, 3.05) is 7.11 Å². The third-order valence-electron chi connectivity index (χ3n) is 3.43. The minimum Gasteiger partial charge on any atom is -0.497 e. The molecule has 3 rings (SSSR count). The minimum absolute atomic E-state index is 0.562. The summed E-state index contributed by atoms with van der Waals surface area (Å²) in [5.41, 5.74) is 3.19. The van der Waals surface area contributed by atoms with Crippen molar-refractivity contribution >= 4 is 0 Å². The molecule has 5 heteroatoms. The lowest BCUT2D eigenvalue weighted by Gasteiger charge is -2.04.